The maximum absolute atomic E-state index is 13.8. The van der Waals surface area contributed by atoms with Crippen LogP contribution in [0.25, 0.3) is 10.9 Å². The number of benzene rings is 1. The lowest BCUT2D eigenvalue weighted by Crippen LogP contribution is -2.32. The van der Waals surface area contributed by atoms with Crippen molar-refractivity contribution in [1.29, 1.82) is 0 Å². The van der Waals surface area contributed by atoms with Gasteiger partial charge in [-0.2, -0.15) is 0 Å². The number of halogens is 1. The molecule has 6 nitrogen and oxygen atoms in total. The number of amides is 1. The molecule has 2 heterocycles. The van der Waals surface area contributed by atoms with E-state index in [-0.39, 0.29) is 29.8 Å². The predicted molar refractivity (Wildman–Crippen MR) is 89.4 cm³/mol. The maximum atomic E-state index is 13.8. The molecule has 0 spiro atoms. The van der Waals surface area contributed by atoms with Crippen molar-refractivity contribution in [2.45, 2.75) is 19.8 Å². The van der Waals surface area contributed by atoms with E-state index in [2.05, 4.69) is 4.98 Å². The molecule has 0 saturated carbocycles. The summed E-state index contributed by atoms with van der Waals surface area (Å²) in [6.07, 6.45) is 0.793. The second-order valence-corrected chi connectivity index (χ2v) is 8.05. The van der Waals surface area contributed by atoms with Gasteiger partial charge in [-0.3, -0.25) is 4.79 Å². The van der Waals surface area contributed by atoms with E-state index < -0.39 is 10.0 Å². The summed E-state index contributed by atoms with van der Waals surface area (Å²) in [5.41, 5.74) is 1.96. The number of H-pyrrole nitrogens is 1. The number of hydrogen-bond donors (Lipinski definition) is 2. The molecule has 2 aromatic rings. The number of nitrogens with zero attached hydrogens (tertiary/aromatic N) is 1. The minimum absolute atomic E-state index is 0.0832. The van der Waals surface area contributed by atoms with Crippen LogP contribution >= 0.6 is 0 Å². The molecule has 130 valence electrons. The van der Waals surface area contributed by atoms with Crippen LogP contribution in [0, 0.1) is 18.7 Å². The van der Waals surface area contributed by atoms with Crippen molar-refractivity contribution in [2.24, 2.45) is 11.1 Å². The lowest BCUT2D eigenvalue weighted by atomic mass is 10.1. The average molecular weight is 353 g/mol. The van der Waals surface area contributed by atoms with Crippen LogP contribution in [0.4, 0.5) is 4.39 Å². The topological polar surface area (TPSA) is 96.3 Å². The molecule has 1 aliphatic heterocycles. The van der Waals surface area contributed by atoms with E-state index in [0.717, 1.165) is 11.3 Å². The third kappa shape index (κ3) is 3.44. The van der Waals surface area contributed by atoms with Gasteiger partial charge in [0.1, 0.15) is 5.82 Å². The number of aromatic amines is 1. The highest BCUT2D eigenvalue weighted by atomic mass is 32.2. The van der Waals surface area contributed by atoms with E-state index in [9.17, 15) is 17.6 Å². The van der Waals surface area contributed by atoms with Crippen molar-refractivity contribution in [3.05, 3.63) is 35.3 Å². The van der Waals surface area contributed by atoms with Crippen molar-refractivity contribution in [2.75, 3.05) is 18.8 Å². The Labute approximate surface area is 139 Å². The minimum atomic E-state index is -3.53. The molecule has 8 heteroatoms. The summed E-state index contributed by atoms with van der Waals surface area (Å²) in [6, 6.07) is 4.79. The Bertz CT molecular complexity index is 891. The van der Waals surface area contributed by atoms with E-state index in [0.29, 0.717) is 30.4 Å². The highest BCUT2D eigenvalue weighted by Crippen LogP contribution is 2.26. The second kappa shape index (κ2) is 6.18. The molecule has 1 aliphatic rings. The molecule has 3 N–H and O–H groups in total. The van der Waals surface area contributed by atoms with Gasteiger partial charge in [0.25, 0.3) is 0 Å². The number of carbonyl (C=O) groups excluding carboxylic acids is 1. The SMILES string of the molecule is Cc1[nH]c2c(F)cccc2c1CC(=O)N1CC[C@@H](CS(N)(=O)=O)C1. The highest BCUT2D eigenvalue weighted by molar-refractivity contribution is 7.89. The molecule has 3 rings (SSSR count). The van der Waals surface area contributed by atoms with Gasteiger partial charge in [-0.25, -0.2) is 17.9 Å². The molecule has 1 saturated heterocycles. The van der Waals surface area contributed by atoms with Crippen molar-refractivity contribution in [3.63, 3.8) is 0 Å². The van der Waals surface area contributed by atoms with Crippen LogP contribution < -0.4 is 5.14 Å². The first-order chi connectivity index (χ1) is 11.2. The molecule has 0 unspecified atom stereocenters. The molecule has 1 aromatic heterocycles. The van der Waals surface area contributed by atoms with Crippen LogP contribution in [-0.2, 0) is 21.2 Å². The maximum Gasteiger partial charge on any atom is 0.227 e. The van der Waals surface area contributed by atoms with Gasteiger partial charge >= 0.3 is 0 Å². The van der Waals surface area contributed by atoms with Gasteiger partial charge in [-0.05, 0) is 30.9 Å². The number of para-hydroxylation sites is 1. The Morgan fingerprint density at radius 3 is 2.92 bits per heavy atom. The quantitative estimate of drug-likeness (QED) is 0.867. The number of fused-ring (bicyclic) bond motifs is 1. The Morgan fingerprint density at radius 1 is 1.46 bits per heavy atom. The fourth-order valence-electron chi connectivity index (χ4n) is 3.38. The summed E-state index contributed by atoms with van der Waals surface area (Å²) in [6.45, 7) is 2.73. The molecular weight excluding hydrogens is 333 g/mol. The summed E-state index contributed by atoms with van der Waals surface area (Å²) in [5.74, 6) is -0.650. The number of aryl methyl sites for hydroxylation is 1. The second-order valence-electron chi connectivity index (χ2n) is 6.39. The lowest BCUT2D eigenvalue weighted by molar-refractivity contribution is -0.129. The molecule has 0 radical (unpaired) electrons. The first kappa shape index (κ1) is 16.9. The van der Waals surface area contributed by atoms with Gasteiger partial charge in [0, 0.05) is 24.2 Å². The average Bonchev–Trinajstić information content (AvgIpc) is 3.04. The molecule has 24 heavy (non-hydrogen) atoms. The van der Waals surface area contributed by atoms with Crippen molar-refractivity contribution < 1.29 is 17.6 Å². The van der Waals surface area contributed by atoms with Gasteiger partial charge < -0.3 is 9.88 Å². The fourth-order valence-corrected chi connectivity index (χ4v) is 4.31. The highest BCUT2D eigenvalue weighted by Gasteiger charge is 2.29. The van der Waals surface area contributed by atoms with Crippen molar-refractivity contribution in [1.82, 2.24) is 9.88 Å². The number of aromatic nitrogens is 1. The minimum Gasteiger partial charge on any atom is -0.356 e. The normalized spacial score (nSPS) is 18.5. The molecule has 1 aromatic carbocycles. The number of nitrogens with two attached hydrogens (primary N) is 1. The molecular formula is C16H20FN3O3S. The fraction of sp³-hybridized carbons (Fsp3) is 0.438. The van der Waals surface area contributed by atoms with Gasteiger partial charge in [0.05, 0.1) is 17.7 Å². The van der Waals surface area contributed by atoms with E-state index in [1.165, 1.54) is 6.07 Å². The van der Waals surface area contributed by atoms with Crippen LogP contribution in [0.2, 0.25) is 0 Å². The van der Waals surface area contributed by atoms with E-state index in [1.807, 2.05) is 6.92 Å². The Morgan fingerprint density at radius 2 is 2.21 bits per heavy atom. The van der Waals surface area contributed by atoms with Crippen LogP contribution in [0.5, 0.6) is 0 Å². The Hall–Kier alpha value is -1.93. The number of likely N-dealkylation sites (tertiary alicyclic amines) is 1. The standard InChI is InChI=1S/C16H20FN3O3S/c1-10-13(12-3-2-4-14(17)16(12)19-10)7-15(21)20-6-5-11(8-20)9-24(18,22)23/h2-4,11,19H,5-9H2,1H3,(H2,18,22,23)/t11-/m1/s1. The third-order valence-corrected chi connectivity index (χ3v) is 5.47. The summed E-state index contributed by atoms with van der Waals surface area (Å²) >= 11 is 0. The molecule has 1 atom stereocenters. The molecule has 0 aliphatic carbocycles. The number of rotatable bonds is 4. The van der Waals surface area contributed by atoms with Gasteiger partial charge in [0.15, 0.2) is 0 Å². The van der Waals surface area contributed by atoms with Gasteiger partial charge in [0.2, 0.25) is 15.9 Å². The number of nitrogens with one attached hydrogen (secondary N) is 1. The molecule has 1 fully saturated rings. The third-order valence-electron chi connectivity index (χ3n) is 4.54. The van der Waals surface area contributed by atoms with Crippen molar-refractivity contribution in [3.8, 4) is 0 Å². The van der Waals surface area contributed by atoms with E-state index >= 15 is 0 Å². The predicted octanol–water partition coefficient (Wildman–Crippen LogP) is 1.29. The van der Waals surface area contributed by atoms with Crippen LogP contribution in [0.3, 0.4) is 0 Å². The van der Waals surface area contributed by atoms with Crippen LogP contribution in [0.1, 0.15) is 17.7 Å². The summed E-state index contributed by atoms with van der Waals surface area (Å²) in [4.78, 5) is 17.2. The zero-order valence-corrected chi connectivity index (χ0v) is 14.2. The van der Waals surface area contributed by atoms with E-state index in [4.69, 9.17) is 5.14 Å². The largest absolute Gasteiger partial charge is 0.356 e. The van der Waals surface area contributed by atoms with Crippen LogP contribution in [0.15, 0.2) is 18.2 Å². The first-order valence-electron chi connectivity index (χ1n) is 7.78. The summed E-state index contributed by atoms with van der Waals surface area (Å²) in [5, 5.41) is 5.78. The number of primary sulfonamides is 1. The lowest BCUT2D eigenvalue weighted by Gasteiger charge is -2.16. The Kier molecular flexibility index (Phi) is 4.35. The number of sulfonamides is 1. The van der Waals surface area contributed by atoms with Gasteiger partial charge in [-0.15, -0.1) is 0 Å². The zero-order valence-electron chi connectivity index (χ0n) is 13.4. The van der Waals surface area contributed by atoms with Crippen LogP contribution in [-0.4, -0.2) is 43.1 Å². The van der Waals surface area contributed by atoms with E-state index in [1.54, 1.807) is 17.0 Å². The zero-order chi connectivity index (χ0) is 17.5. The summed E-state index contributed by atoms with van der Waals surface area (Å²) in [7, 11) is -3.53. The molecule has 1 amide bonds. The summed E-state index contributed by atoms with van der Waals surface area (Å²) < 4.78 is 36.2. The first-order valence-corrected chi connectivity index (χ1v) is 9.50. The molecule has 0 bridgehead atoms. The number of hydrogen-bond acceptors (Lipinski definition) is 3. The smallest absolute Gasteiger partial charge is 0.227 e. The number of carbonyl (C=O) groups is 1. The Balaban J connectivity index is 1.74. The monoisotopic (exact) mass is 353 g/mol. The van der Waals surface area contributed by atoms with Gasteiger partial charge in [-0.1, -0.05) is 12.1 Å². The van der Waals surface area contributed by atoms with Crippen molar-refractivity contribution >= 4 is 26.8 Å².